The first-order valence-corrected chi connectivity index (χ1v) is 11.7. The molecule has 0 aliphatic carbocycles. The second-order valence-corrected chi connectivity index (χ2v) is 9.58. The third kappa shape index (κ3) is 5.81. The molecule has 2 N–H and O–H groups in total. The zero-order chi connectivity index (χ0) is 23.3. The number of benzene rings is 2. The van der Waals surface area contributed by atoms with Crippen molar-refractivity contribution < 1.29 is 22.5 Å². The molecule has 0 fully saturated rings. The smallest absolute Gasteiger partial charge is 0.227 e. The topological polar surface area (TPSA) is 103 Å². The van der Waals surface area contributed by atoms with Crippen LogP contribution in [0.2, 0.25) is 0 Å². The number of thiol groups is 1. The van der Waals surface area contributed by atoms with E-state index in [9.17, 15) is 17.7 Å². The van der Waals surface area contributed by atoms with Crippen LogP contribution in [0.4, 0.5) is 24.8 Å². The van der Waals surface area contributed by atoms with E-state index in [1.807, 2.05) is 0 Å². The van der Waals surface area contributed by atoms with E-state index >= 15 is 0 Å². The van der Waals surface area contributed by atoms with Crippen LogP contribution in [-0.2, 0) is 15.9 Å². The Morgan fingerprint density at radius 3 is 2.69 bits per heavy atom. The van der Waals surface area contributed by atoms with Crippen LogP contribution in [0.1, 0.15) is 12.5 Å². The Hall–Kier alpha value is -3.49. The summed E-state index contributed by atoms with van der Waals surface area (Å²) < 4.78 is 61.3. The highest BCUT2D eigenvalue weighted by molar-refractivity contribution is 7.98. The number of aromatic nitrogens is 2. The molecular weight excluding hydrogens is 443 g/mol. The largest absolute Gasteiger partial charge is 0.493 e. The lowest BCUT2D eigenvalue weighted by molar-refractivity contribution is 0.339. The van der Waals surface area contributed by atoms with E-state index in [1.165, 1.54) is 24.5 Å². The van der Waals surface area contributed by atoms with E-state index in [-0.39, 0.29) is 41.0 Å². The van der Waals surface area contributed by atoms with E-state index < -0.39 is 27.6 Å². The van der Waals surface area contributed by atoms with Crippen molar-refractivity contribution in [1.82, 2.24) is 9.97 Å². The van der Waals surface area contributed by atoms with E-state index in [1.54, 1.807) is 19.2 Å². The molecular formula is C21H20F3N5O2S. The van der Waals surface area contributed by atoms with E-state index in [4.69, 9.17) is 10.00 Å². The minimum absolute atomic E-state index is 0.00415. The van der Waals surface area contributed by atoms with Gasteiger partial charge in [0.25, 0.3) is 0 Å². The van der Waals surface area contributed by atoms with Gasteiger partial charge in [0.05, 0.1) is 12.8 Å². The highest BCUT2D eigenvalue weighted by Crippen LogP contribution is 2.32. The second kappa shape index (κ2) is 9.76. The van der Waals surface area contributed by atoms with Gasteiger partial charge in [-0.1, -0.05) is 10.1 Å². The predicted molar refractivity (Wildman–Crippen MR) is 117 cm³/mol. The number of nitrogens with one attached hydrogen (secondary N) is 1. The highest BCUT2D eigenvalue weighted by atomic mass is 32.3. The van der Waals surface area contributed by atoms with Gasteiger partial charge in [0, 0.05) is 23.1 Å². The summed E-state index contributed by atoms with van der Waals surface area (Å²) in [6.45, 7) is 1.95. The average molecular weight is 463 g/mol. The lowest BCUT2D eigenvalue weighted by Crippen LogP contribution is -2.10. The van der Waals surface area contributed by atoms with Crippen LogP contribution in [0.15, 0.2) is 47.0 Å². The molecule has 0 saturated heterocycles. The van der Waals surface area contributed by atoms with Crippen molar-refractivity contribution in [1.29, 1.82) is 5.26 Å². The van der Waals surface area contributed by atoms with Crippen LogP contribution in [0.5, 0.6) is 5.75 Å². The van der Waals surface area contributed by atoms with Crippen molar-refractivity contribution >= 4 is 21.7 Å². The maximum absolute atomic E-state index is 14.5. The van der Waals surface area contributed by atoms with Crippen molar-refractivity contribution in [3.8, 4) is 23.2 Å². The number of ether oxygens (including phenoxy) is 1. The van der Waals surface area contributed by atoms with Gasteiger partial charge in [-0.2, -0.15) is 5.26 Å². The Balaban J connectivity index is 1.96. The van der Waals surface area contributed by atoms with Crippen molar-refractivity contribution in [2.45, 2.75) is 12.7 Å². The number of rotatable bonds is 7. The third-order valence-corrected chi connectivity index (χ3v) is 5.68. The number of hydrogen-bond acceptors (Lipinski definition) is 6. The van der Waals surface area contributed by atoms with Crippen LogP contribution >= 0.6 is 0 Å². The van der Waals surface area contributed by atoms with Crippen molar-refractivity contribution in [3.05, 3.63) is 65.6 Å². The van der Waals surface area contributed by atoms with E-state index in [0.717, 1.165) is 18.3 Å². The molecule has 1 aromatic heterocycles. The van der Waals surface area contributed by atoms with E-state index in [0.29, 0.717) is 5.56 Å². The molecule has 0 saturated carbocycles. The van der Waals surface area contributed by atoms with Gasteiger partial charge in [0.1, 0.15) is 23.1 Å². The third-order valence-electron chi connectivity index (χ3n) is 4.20. The number of anilines is 2. The first kappa shape index (κ1) is 23.2. The molecule has 168 valence electrons. The standard InChI is InChI=1S/C21H20F3N5O2S/c1-3-31-19-9-14(22)4-5-17(19)20-18(24)10-26-21(29-20)28-16-7-13(6-15(23)8-16)11-32(2,30)27-12-25/h4-10,32H,3,11H2,1-2H3,(H,27,30)(H,26,28,29). The molecule has 7 nitrogen and oxygen atoms in total. The Labute approximate surface area is 183 Å². The van der Waals surface area contributed by atoms with Crippen LogP contribution in [0, 0.1) is 28.9 Å². The quantitative estimate of drug-likeness (QED) is 0.342. The number of hydrogen-bond donors (Lipinski definition) is 3. The summed E-state index contributed by atoms with van der Waals surface area (Å²) in [5, 5.41) is 11.5. The van der Waals surface area contributed by atoms with E-state index in [2.05, 4.69) is 19.6 Å². The van der Waals surface area contributed by atoms with Gasteiger partial charge >= 0.3 is 0 Å². The first-order valence-electron chi connectivity index (χ1n) is 9.42. The minimum Gasteiger partial charge on any atom is -0.493 e. The SMILES string of the molecule is CCOc1cc(F)ccc1-c1nc(Nc2cc(F)cc(C[SH](C)(O)=NC#N)c2)ncc1F. The molecule has 0 aliphatic rings. The molecule has 3 aromatic rings. The lowest BCUT2D eigenvalue weighted by Gasteiger charge is -2.17. The molecule has 3 rings (SSSR count). The number of halogens is 3. The monoisotopic (exact) mass is 463 g/mol. The molecule has 32 heavy (non-hydrogen) atoms. The Kier molecular flexibility index (Phi) is 7.07. The normalized spacial score (nSPS) is 11.5. The van der Waals surface area contributed by atoms with Crippen LogP contribution < -0.4 is 10.1 Å². The summed E-state index contributed by atoms with van der Waals surface area (Å²) >= 11 is 0. The summed E-state index contributed by atoms with van der Waals surface area (Å²) in [6.07, 6.45) is 3.94. The molecule has 0 atom stereocenters. The molecule has 2 aromatic carbocycles. The van der Waals surface area contributed by atoms with Gasteiger partial charge in [-0.15, -0.1) is 4.36 Å². The minimum atomic E-state index is -2.91. The van der Waals surface area contributed by atoms with Crippen LogP contribution in [0.25, 0.3) is 11.3 Å². The van der Waals surface area contributed by atoms with Crippen LogP contribution in [-0.4, -0.2) is 27.4 Å². The van der Waals surface area contributed by atoms with Gasteiger partial charge in [0.15, 0.2) is 5.82 Å². The summed E-state index contributed by atoms with van der Waals surface area (Å²) in [6, 6.07) is 7.57. The summed E-state index contributed by atoms with van der Waals surface area (Å²) in [5.41, 5.74) is 0.766. The van der Waals surface area contributed by atoms with Gasteiger partial charge in [-0.05, 0) is 49.1 Å². The maximum Gasteiger partial charge on any atom is 0.227 e. The zero-order valence-corrected chi connectivity index (χ0v) is 18.1. The molecule has 0 spiro atoms. The summed E-state index contributed by atoms with van der Waals surface area (Å²) in [4.78, 5) is 8.03. The van der Waals surface area contributed by atoms with Crippen LogP contribution in [0.3, 0.4) is 0 Å². The highest BCUT2D eigenvalue weighted by Gasteiger charge is 2.16. The molecule has 11 heteroatoms. The molecule has 0 bridgehead atoms. The Morgan fingerprint density at radius 2 is 1.97 bits per heavy atom. The fraction of sp³-hybridized carbons (Fsp3) is 0.190. The Morgan fingerprint density at radius 1 is 1.19 bits per heavy atom. The number of nitrogens with zero attached hydrogens (tertiary/aromatic N) is 4. The van der Waals surface area contributed by atoms with Gasteiger partial charge < -0.3 is 14.6 Å². The summed E-state index contributed by atoms with van der Waals surface area (Å²) in [7, 11) is -2.91. The molecule has 0 radical (unpaired) electrons. The van der Waals surface area contributed by atoms with Gasteiger partial charge in [0.2, 0.25) is 12.1 Å². The maximum atomic E-state index is 14.5. The molecule has 0 unspecified atom stereocenters. The van der Waals surface area contributed by atoms with Crippen molar-refractivity contribution in [2.75, 3.05) is 18.2 Å². The molecule has 0 aliphatic heterocycles. The van der Waals surface area contributed by atoms with Crippen molar-refractivity contribution in [3.63, 3.8) is 0 Å². The fourth-order valence-corrected chi connectivity index (χ4v) is 4.14. The zero-order valence-electron chi connectivity index (χ0n) is 17.2. The van der Waals surface area contributed by atoms with Gasteiger partial charge in [-0.3, -0.25) is 0 Å². The second-order valence-electron chi connectivity index (χ2n) is 6.88. The molecule has 0 amide bonds. The van der Waals surface area contributed by atoms with Crippen molar-refractivity contribution in [2.24, 2.45) is 4.36 Å². The molecule has 1 heterocycles. The summed E-state index contributed by atoms with van der Waals surface area (Å²) in [5.74, 6) is -1.80. The first-order chi connectivity index (χ1) is 15.2. The van der Waals surface area contributed by atoms with Gasteiger partial charge in [-0.25, -0.2) is 23.1 Å². The average Bonchev–Trinajstić information content (AvgIpc) is 2.69. The number of nitriles is 1. The Bertz CT molecular complexity index is 1240. The predicted octanol–water partition coefficient (Wildman–Crippen LogP) is 4.86. The fourth-order valence-electron chi connectivity index (χ4n) is 3.00. The lowest BCUT2D eigenvalue weighted by atomic mass is 10.1.